The number of carbonyl (C=O) groups is 2. The zero-order valence-electron chi connectivity index (χ0n) is 15.5. The van der Waals surface area contributed by atoms with Crippen molar-refractivity contribution in [3.05, 3.63) is 16.1 Å². The number of hydrogen-bond donors (Lipinski definition) is 2. The van der Waals surface area contributed by atoms with E-state index in [4.69, 9.17) is 10.7 Å². The van der Waals surface area contributed by atoms with E-state index < -0.39 is 0 Å². The first kappa shape index (κ1) is 25.1. The lowest BCUT2D eigenvalue weighted by Gasteiger charge is -2.34. The Balaban J connectivity index is 0.00000312. The zero-order chi connectivity index (χ0) is 17.7. The third-order valence-corrected chi connectivity index (χ3v) is 5.24. The van der Waals surface area contributed by atoms with Gasteiger partial charge in [0.15, 0.2) is 0 Å². The maximum absolute atomic E-state index is 12.0. The summed E-state index contributed by atoms with van der Waals surface area (Å²) in [6.07, 6.45) is 0. The predicted molar refractivity (Wildman–Crippen MR) is 109 cm³/mol. The second kappa shape index (κ2) is 11.0. The van der Waals surface area contributed by atoms with Gasteiger partial charge in [-0.1, -0.05) is 20.8 Å². The monoisotopic (exact) mass is 425 g/mol. The molecule has 0 aromatic carbocycles. The molecule has 1 aromatic heterocycles. The molecule has 10 heteroatoms. The molecule has 0 unspecified atom stereocenters. The van der Waals surface area contributed by atoms with E-state index in [1.54, 1.807) is 16.2 Å². The summed E-state index contributed by atoms with van der Waals surface area (Å²) in [7, 11) is 0. The topological polar surface area (TPSA) is 91.6 Å². The van der Waals surface area contributed by atoms with Crippen molar-refractivity contribution in [3.8, 4) is 0 Å². The van der Waals surface area contributed by atoms with Crippen molar-refractivity contribution >= 4 is 48.0 Å². The van der Waals surface area contributed by atoms with Crippen molar-refractivity contribution in [3.63, 3.8) is 0 Å². The third-order valence-electron chi connectivity index (χ3n) is 3.93. The van der Waals surface area contributed by atoms with Gasteiger partial charge in [0.2, 0.25) is 11.8 Å². The van der Waals surface area contributed by atoms with Crippen LogP contribution in [0.5, 0.6) is 0 Å². The van der Waals surface area contributed by atoms with Crippen LogP contribution in [0.2, 0.25) is 0 Å². The van der Waals surface area contributed by atoms with Crippen LogP contribution in [-0.4, -0.2) is 65.9 Å². The van der Waals surface area contributed by atoms with E-state index in [0.717, 1.165) is 30.3 Å². The molecule has 3 N–H and O–H groups in total. The fourth-order valence-electron chi connectivity index (χ4n) is 2.47. The molecule has 2 rings (SSSR count). The van der Waals surface area contributed by atoms with Gasteiger partial charge in [0, 0.05) is 43.5 Å². The number of amides is 2. The molecule has 1 aliphatic rings. The van der Waals surface area contributed by atoms with Gasteiger partial charge in [0.1, 0.15) is 0 Å². The van der Waals surface area contributed by atoms with Gasteiger partial charge in [0.25, 0.3) is 0 Å². The number of halogens is 2. The minimum absolute atomic E-state index is 0. The van der Waals surface area contributed by atoms with Crippen molar-refractivity contribution in [2.75, 3.05) is 39.3 Å². The second-order valence-corrected chi connectivity index (χ2v) is 7.89. The van der Waals surface area contributed by atoms with Crippen LogP contribution >= 0.6 is 36.2 Å². The van der Waals surface area contributed by atoms with E-state index >= 15 is 0 Å². The van der Waals surface area contributed by atoms with Gasteiger partial charge in [-0.25, -0.2) is 4.98 Å². The van der Waals surface area contributed by atoms with E-state index in [-0.39, 0.29) is 55.1 Å². The molecule has 7 nitrogen and oxygen atoms in total. The van der Waals surface area contributed by atoms with Crippen LogP contribution in [0.1, 0.15) is 31.5 Å². The van der Waals surface area contributed by atoms with E-state index in [2.05, 4.69) is 36.4 Å². The van der Waals surface area contributed by atoms with Crippen molar-refractivity contribution in [1.29, 1.82) is 0 Å². The lowest BCUT2D eigenvalue weighted by molar-refractivity contribution is -0.134. The first-order valence-electron chi connectivity index (χ1n) is 8.21. The molecule has 2 heterocycles. The average molecular weight is 426 g/mol. The van der Waals surface area contributed by atoms with Crippen molar-refractivity contribution in [2.45, 2.75) is 32.7 Å². The quantitative estimate of drug-likeness (QED) is 0.733. The summed E-state index contributed by atoms with van der Waals surface area (Å²) in [4.78, 5) is 32.0. The molecule has 0 bridgehead atoms. The number of thiazole rings is 1. The summed E-state index contributed by atoms with van der Waals surface area (Å²) in [6.45, 7) is 10.2. The van der Waals surface area contributed by atoms with Gasteiger partial charge in [-0.3, -0.25) is 14.5 Å². The van der Waals surface area contributed by atoms with Gasteiger partial charge in [-0.15, -0.1) is 36.2 Å². The van der Waals surface area contributed by atoms with Crippen LogP contribution in [0.15, 0.2) is 5.38 Å². The molecular weight excluding hydrogens is 397 g/mol. The summed E-state index contributed by atoms with van der Waals surface area (Å²) in [6, 6.07) is 0. The number of hydrogen-bond acceptors (Lipinski definition) is 6. The van der Waals surface area contributed by atoms with Gasteiger partial charge in [0.05, 0.1) is 23.8 Å². The van der Waals surface area contributed by atoms with Crippen LogP contribution < -0.4 is 11.1 Å². The highest BCUT2D eigenvalue weighted by atomic mass is 35.5. The number of piperazine rings is 1. The molecule has 0 saturated carbocycles. The molecule has 26 heavy (non-hydrogen) atoms. The number of nitrogens with two attached hydrogens (primary N) is 1. The fourth-order valence-corrected chi connectivity index (χ4v) is 3.37. The Morgan fingerprint density at radius 3 is 2.35 bits per heavy atom. The van der Waals surface area contributed by atoms with E-state index in [1.807, 2.05) is 0 Å². The second-order valence-electron chi connectivity index (χ2n) is 7.03. The van der Waals surface area contributed by atoms with Crippen LogP contribution in [0.25, 0.3) is 0 Å². The molecule has 0 spiro atoms. The minimum Gasteiger partial charge on any atom is -0.346 e. The van der Waals surface area contributed by atoms with Crippen molar-refractivity contribution < 1.29 is 9.59 Å². The fraction of sp³-hybridized carbons (Fsp3) is 0.688. The SMILES string of the molecule is CC(C)(C)c1nc(CN2CCN(C(=O)CNC(=O)CN)CC2)cs1.Cl.Cl. The van der Waals surface area contributed by atoms with Gasteiger partial charge >= 0.3 is 0 Å². The van der Waals surface area contributed by atoms with E-state index in [1.165, 1.54) is 0 Å². The molecule has 0 aliphatic carbocycles. The summed E-state index contributed by atoms with van der Waals surface area (Å²) in [5.41, 5.74) is 6.39. The minimum atomic E-state index is -0.305. The molecule has 0 atom stereocenters. The number of rotatable bonds is 5. The predicted octanol–water partition coefficient (Wildman–Crippen LogP) is 1.00. The largest absolute Gasteiger partial charge is 0.346 e. The first-order valence-corrected chi connectivity index (χ1v) is 9.09. The smallest absolute Gasteiger partial charge is 0.242 e. The molecular formula is C16H29Cl2N5O2S. The highest BCUT2D eigenvalue weighted by Gasteiger charge is 2.23. The van der Waals surface area contributed by atoms with E-state index in [9.17, 15) is 9.59 Å². The summed E-state index contributed by atoms with van der Waals surface area (Å²) < 4.78 is 0. The van der Waals surface area contributed by atoms with Crippen LogP contribution in [0.3, 0.4) is 0 Å². The molecule has 2 amide bonds. The third kappa shape index (κ3) is 7.36. The van der Waals surface area contributed by atoms with Gasteiger partial charge < -0.3 is 16.0 Å². The Morgan fingerprint density at radius 2 is 1.85 bits per heavy atom. The number of carbonyl (C=O) groups excluding carboxylic acids is 2. The Kier molecular flexibility index (Phi) is 10.6. The van der Waals surface area contributed by atoms with Crippen LogP contribution in [0, 0.1) is 0 Å². The summed E-state index contributed by atoms with van der Waals surface area (Å²) in [5.74, 6) is -0.361. The Bertz CT molecular complexity index is 583. The Labute approximate surface area is 171 Å². The first-order chi connectivity index (χ1) is 11.3. The highest BCUT2D eigenvalue weighted by Crippen LogP contribution is 2.26. The lowest BCUT2D eigenvalue weighted by Crippen LogP contribution is -2.51. The number of nitrogens with one attached hydrogen (secondary N) is 1. The van der Waals surface area contributed by atoms with E-state index in [0.29, 0.717) is 13.1 Å². The maximum Gasteiger partial charge on any atom is 0.242 e. The summed E-state index contributed by atoms with van der Waals surface area (Å²) in [5, 5.41) is 5.80. The Hall–Kier alpha value is -0.930. The van der Waals surface area contributed by atoms with Gasteiger partial charge in [-0.05, 0) is 0 Å². The maximum atomic E-state index is 12.0. The zero-order valence-corrected chi connectivity index (χ0v) is 17.9. The molecule has 1 aliphatic heterocycles. The van der Waals surface area contributed by atoms with Crippen molar-refractivity contribution in [2.24, 2.45) is 5.73 Å². The summed E-state index contributed by atoms with van der Waals surface area (Å²) >= 11 is 1.71. The lowest BCUT2D eigenvalue weighted by atomic mass is 9.98. The molecule has 150 valence electrons. The average Bonchev–Trinajstić information content (AvgIpc) is 3.01. The normalized spacial score (nSPS) is 15.0. The van der Waals surface area contributed by atoms with Crippen LogP contribution in [0.4, 0.5) is 0 Å². The molecule has 0 radical (unpaired) electrons. The van der Waals surface area contributed by atoms with Crippen LogP contribution in [-0.2, 0) is 21.5 Å². The number of aromatic nitrogens is 1. The van der Waals surface area contributed by atoms with Gasteiger partial charge in [-0.2, -0.15) is 0 Å². The number of nitrogens with zero attached hydrogens (tertiary/aromatic N) is 3. The highest BCUT2D eigenvalue weighted by molar-refractivity contribution is 7.09. The molecule has 1 fully saturated rings. The molecule has 1 aromatic rings. The standard InChI is InChI=1S/C16H27N5O2S.2ClH/c1-16(2,3)15-19-12(11-24-15)10-20-4-6-21(7-5-20)14(23)9-18-13(22)8-17;;/h11H,4-10,17H2,1-3H3,(H,18,22);2*1H. The van der Waals surface area contributed by atoms with Crippen molar-refractivity contribution in [1.82, 2.24) is 20.1 Å². The molecule has 1 saturated heterocycles. The Morgan fingerprint density at radius 1 is 1.23 bits per heavy atom.